The van der Waals surface area contributed by atoms with Crippen LogP contribution in [0.4, 0.5) is 4.39 Å². The molecule has 0 spiro atoms. The summed E-state index contributed by atoms with van der Waals surface area (Å²) < 4.78 is 29.1. The van der Waals surface area contributed by atoms with Gasteiger partial charge in [0.1, 0.15) is 11.6 Å². The molecule has 5 nitrogen and oxygen atoms in total. The summed E-state index contributed by atoms with van der Waals surface area (Å²) in [6.07, 6.45) is -0.0144. The van der Waals surface area contributed by atoms with Crippen LogP contribution in [-0.4, -0.2) is 26.2 Å². The molecular formula is C20H24FNO4. The van der Waals surface area contributed by atoms with Gasteiger partial charge in [-0.2, -0.15) is 0 Å². The van der Waals surface area contributed by atoms with Gasteiger partial charge in [-0.15, -0.1) is 0 Å². The Bertz CT molecular complexity index is 733. The highest BCUT2D eigenvalue weighted by Gasteiger charge is 2.20. The predicted octanol–water partition coefficient (Wildman–Crippen LogP) is 3.88. The van der Waals surface area contributed by atoms with Gasteiger partial charge < -0.3 is 19.5 Å². The fourth-order valence-electron chi connectivity index (χ4n) is 2.55. The van der Waals surface area contributed by atoms with E-state index in [2.05, 4.69) is 5.32 Å². The number of halogens is 1. The van der Waals surface area contributed by atoms with E-state index in [1.165, 1.54) is 24.3 Å². The first-order chi connectivity index (χ1) is 12.5. The zero-order valence-electron chi connectivity index (χ0n) is 15.4. The lowest BCUT2D eigenvalue weighted by Gasteiger charge is -2.22. The number of nitrogens with one attached hydrogen (secondary N) is 1. The highest BCUT2D eigenvalue weighted by atomic mass is 19.1. The van der Waals surface area contributed by atoms with Crippen molar-refractivity contribution in [2.24, 2.45) is 0 Å². The van der Waals surface area contributed by atoms with Gasteiger partial charge in [0.25, 0.3) is 5.91 Å². The summed E-state index contributed by atoms with van der Waals surface area (Å²) in [5.74, 6) is 1.07. The van der Waals surface area contributed by atoms with E-state index in [1.807, 2.05) is 19.1 Å². The van der Waals surface area contributed by atoms with E-state index >= 15 is 0 Å². The summed E-state index contributed by atoms with van der Waals surface area (Å²) in [5, 5.41) is 2.97. The zero-order chi connectivity index (χ0) is 19.1. The largest absolute Gasteiger partial charge is 0.493 e. The second-order valence-electron chi connectivity index (χ2n) is 5.80. The minimum atomic E-state index is -0.713. The number of carbonyl (C=O) groups is 1. The van der Waals surface area contributed by atoms with Crippen molar-refractivity contribution in [3.8, 4) is 17.2 Å². The third-order valence-electron chi connectivity index (χ3n) is 4.03. The Morgan fingerprint density at radius 1 is 1.08 bits per heavy atom. The molecule has 2 aromatic rings. The van der Waals surface area contributed by atoms with E-state index in [0.29, 0.717) is 23.7 Å². The van der Waals surface area contributed by atoms with Gasteiger partial charge in [0.2, 0.25) is 0 Å². The molecule has 1 N–H and O–H groups in total. The number of hydrogen-bond donors (Lipinski definition) is 1. The predicted molar refractivity (Wildman–Crippen MR) is 97.2 cm³/mol. The smallest absolute Gasteiger partial charge is 0.261 e. The number of carbonyl (C=O) groups excluding carboxylic acids is 1. The quantitative estimate of drug-likeness (QED) is 0.775. The van der Waals surface area contributed by atoms with Crippen LogP contribution in [0.1, 0.15) is 31.9 Å². The Kier molecular flexibility index (Phi) is 6.83. The van der Waals surface area contributed by atoms with Crippen LogP contribution in [-0.2, 0) is 4.79 Å². The standard InChI is InChI=1S/C20H24FNO4/c1-5-17(14-6-11-18(24-3)19(12-14)25-4)22-20(23)13(2)26-16-9-7-15(21)8-10-16/h6-13,17H,5H2,1-4H3,(H,22,23)/t13-,17+/m0/s1. The molecule has 0 aliphatic carbocycles. The lowest BCUT2D eigenvalue weighted by atomic mass is 10.0. The molecule has 0 aliphatic rings. The molecule has 2 atom stereocenters. The third kappa shape index (κ3) is 4.88. The number of methoxy groups -OCH3 is 2. The van der Waals surface area contributed by atoms with Gasteiger partial charge in [0.05, 0.1) is 20.3 Å². The number of ether oxygens (including phenoxy) is 3. The van der Waals surface area contributed by atoms with Crippen LogP contribution < -0.4 is 19.5 Å². The van der Waals surface area contributed by atoms with Gasteiger partial charge in [-0.1, -0.05) is 13.0 Å². The van der Waals surface area contributed by atoms with Crippen molar-refractivity contribution in [3.63, 3.8) is 0 Å². The van der Waals surface area contributed by atoms with Crippen LogP contribution in [0.25, 0.3) is 0 Å². The molecule has 140 valence electrons. The van der Waals surface area contributed by atoms with Gasteiger partial charge in [0, 0.05) is 0 Å². The third-order valence-corrected chi connectivity index (χ3v) is 4.03. The summed E-state index contributed by atoms with van der Waals surface area (Å²) in [6.45, 7) is 3.63. The van der Waals surface area contributed by atoms with Crippen molar-refractivity contribution in [2.45, 2.75) is 32.4 Å². The Labute approximate surface area is 153 Å². The molecule has 0 heterocycles. The normalized spacial score (nSPS) is 12.8. The highest BCUT2D eigenvalue weighted by Crippen LogP contribution is 2.31. The first kappa shape index (κ1) is 19.6. The van der Waals surface area contributed by atoms with Crippen molar-refractivity contribution in [1.82, 2.24) is 5.32 Å². The molecule has 0 bridgehead atoms. The second-order valence-corrected chi connectivity index (χ2v) is 5.80. The fraction of sp³-hybridized carbons (Fsp3) is 0.350. The maximum atomic E-state index is 13.0. The van der Waals surface area contributed by atoms with Crippen LogP contribution in [0.3, 0.4) is 0 Å². The average Bonchev–Trinajstić information content (AvgIpc) is 2.67. The van der Waals surface area contributed by atoms with E-state index in [0.717, 1.165) is 5.56 Å². The van der Waals surface area contributed by atoms with Crippen molar-refractivity contribution < 1.29 is 23.4 Å². The lowest BCUT2D eigenvalue weighted by Crippen LogP contribution is -2.38. The monoisotopic (exact) mass is 361 g/mol. The molecule has 0 fully saturated rings. The van der Waals surface area contributed by atoms with Gasteiger partial charge in [-0.25, -0.2) is 4.39 Å². The van der Waals surface area contributed by atoms with Crippen molar-refractivity contribution in [3.05, 3.63) is 53.8 Å². The summed E-state index contributed by atoms with van der Waals surface area (Å²) in [5.41, 5.74) is 0.910. The fourth-order valence-corrected chi connectivity index (χ4v) is 2.55. The highest BCUT2D eigenvalue weighted by molar-refractivity contribution is 5.81. The number of benzene rings is 2. The maximum absolute atomic E-state index is 13.0. The zero-order valence-corrected chi connectivity index (χ0v) is 15.4. The molecule has 0 aliphatic heterocycles. The first-order valence-electron chi connectivity index (χ1n) is 8.43. The summed E-state index contributed by atoms with van der Waals surface area (Å²) in [6, 6.07) is 10.9. The SMILES string of the molecule is CC[C@@H](NC(=O)[C@H](C)Oc1ccc(F)cc1)c1ccc(OC)c(OC)c1. The number of hydrogen-bond acceptors (Lipinski definition) is 4. The Morgan fingerprint density at radius 3 is 2.31 bits per heavy atom. The molecule has 2 rings (SSSR count). The van der Waals surface area contributed by atoms with E-state index in [4.69, 9.17) is 14.2 Å². The van der Waals surface area contributed by atoms with Gasteiger partial charge in [-0.3, -0.25) is 4.79 Å². The Balaban J connectivity index is 2.06. The lowest BCUT2D eigenvalue weighted by molar-refractivity contribution is -0.128. The summed E-state index contributed by atoms with van der Waals surface area (Å²) in [7, 11) is 3.14. The molecule has 0 saturated heterocycles. The molecule has 0 aromatic heterocycles. The Morgan fingerprint density at radius 2 is 1.73 bits per heavy atom. The molecule has 0 saturated carbocycles. The molecular weight excluding hydrogens is 337 g/mol. The van der Waals surface area contributed by atoms with Crippen LogP contribution in [0.5, 0.6) is 17.2 Å². The topological polar surface area (TPSA) is 56.8 Å². The summed E-state index contributed by atoms with van der Waals surface area (Å²) in [4.78, 5) is 12.5. The molecule has 6 heteroatoms. The minimum Gasteiger partial charge on any atom is -0.493 e. The molecule has 0 radical (unpaired) electrons. The molecule has 1 amide bonds. The molecule has 2 aromatic carbocycles. The van der Waals surface area contributed by atoms with Crippen molar-refractivity contribution >= 4 is 5.91 Å². The Hall–Kier alpha value is -2.76. The van der Waals surface area contributed by atoms with Crippen LogP contribution >= 0.6 is 0 Å². The second kappa shape index (κ2) is 9.08. The number of amides is 1. The van der Waals surface area contributed by atoms with Crippen LogP contribution in [0.2, 0.25) is 0 Å². The number of rotatable bonds is 8. The van der Waals surface area contributed by atoms with Crippen LogP contribution in [0, 0.1) is 5.82 Å². The van der Waals surface area contributed by atoms with Gasteiger partial charge in [-0.05, 0) is 55.3 Å². The maximum Gasteiger partial charge on any atom is 0.261 e. The van der Waals surface area contributed by atoms with E-state index in [9.17, 15) is 9.18 Å². The van der Waals surface area contributed by atoms with E-state index in [-0.39, 0.29) is 17.8 Å². The van der Waals surface area contributed by atoms with E-state index in [1.54, 1.807) is 27.2 Å². The van der Waals surface area contributed by atoms with Gasteiger partial charge in [0.15, 0.2) is 17.6 Å². The summed E-state index contributed by atoms with van der Waals surface area (Å²) >= 11 is 0. The van der Waals surface area contributed by atoms with Gasteiger partial charge >= 0.3 is 0 Å². The van der Waals surface area contributed by atoms with Crippen molar-refractivity contribution in [2.75, 3.05) is 14.2 Å². The minimum absolute atomic E-state index is 0.193. The van der Waals surface area contributed by atoms with E-state index < -0.39 is 6.10 Å². The molecule has 0 unspecified atom stereocenters. The van der Waals surface area contributed by atoms with Crippen molar-refractivity contribution in [1.29, 1.82) is 0 Å². The first-order valence-corrected chi connectivity index (χ1v) is 8.43. The van der Waals surface area contributed by atoms with Crippen LogP contribution in [0.15, 0.2) is 42.5 Å². The molecule has 26 heavy (non-hydrogen) atoms. The average molecular weight is 361 g/mol.